The van der Waals surface area contributed by atoms with Crippen molar-refractivity contribution in [2.75, 3.05) is 32.2 Å². The van der Waals surface area contributed by atoms with Gasteiger partial charge < -0.3 is 24.4 Å². The number of sulfonamides is 1. The molecule has 0 spiro atoms. The monoisotopic (exact) mass is 611 g/mol. The zero-order valence-electron chi connectivity index (χ0n) is 25.6. The van der Waals surface area contributed by atoms with E-state index in [0.29, 0.717) is 24.3 Å². The molecule has 0 aliphatic heterocycles. The molecule has 3 aromatic rings. The molecule has 0 aliphatic carbocycles. The number of para-hydroxylation sites is 2. The number of anilines is 1. The fraction of sp³-hybridized carbons (Fsp3) is 0.375. The second-order valence-electron chi connectivity index (χ2n) is 9.97. The second-order valence-corrected chi connectivity index (χ2v) is 11.8. The van der Waals surface area contributed by atoms with Gasteiger partial charge in [0.05, 0.1) is 31.9 Å². The molecular formula is C32H41N3O7S. The Bertz CT molecular complexity index is 1480. The number of carbonyl (C=O) groups is 2. The van der Waals surface area contributed by atoms with E-state index in [4.69, 9.17) is 14.2 Å². The van der Waals surface area contributed by atoms with Crippen LogP contribution in [0.4, 0.5) is 5.69 Å². The molecule has 0 aliphatic rings. The number of nitrogens with one attached hydrogen (secondary N) is 1. The molecule has 0 saturated heterocycles. The lowest BCUT2D eigenvalue weighted by molar-refractivity contribution is -0.140. The van der Waals surface area contributed by atoms with Crippen molar-refractivity contribution in [3.8, 4) is 17.2 Å². The van der Waals surface area contributed by atoms with Gasteiger partial charge in [-0.15, -0.1) is 0 Å². The number of hydrogen-bond donors (Lipinski definition) is 1. The topological polar surface area (TPSA) is 114 Å². The highest BCUT2D eigenvalue weighted by Crippen LogP contribution is 2.33. The number of carbonyl (C=O) groups excluding carboxylic acids is 2. The van der Waals surface area contributed by atoms with Gasteiger partial charge in [0.2, 0.25) is 11.8 Å². The summed E-state index contributed by atoms with van der Waals surface area (Å²) in [6, 6.07) is 18.7. The fourth-order valence-corrected chi connectivity index (χ4v) is 5.98. The summed E-state index contributed by atoms with van der Waals surface area (Å²) < 4.78 is 45.3. The van der Waals surface area contributed by atoms with E-state index in [9.17, 15) is 18.0 Å². The van der Waals surface area contributed by atoms with Crippen LogP contribution >= 0.6 is 0 Å². The van der Waals surface area contributed by atoms with Crippen molar-refractivity contribution in [2.24, 2.45) is 0 Å². The van der Waals surface area contributed by atoms with Crippen LogP contribution in [0, 0.1) is 0 Å². The molecule has 0 aromatic heterocycles. The van der Waals surface area contributed by atoms with Crippen LogP contribution in [0.15, 0.2) is 77.7 Å². The van der Waals surface area contributed by atoms with E-state index in [2.05, 4.69) is 5.32 Å². The first-order valence-electron chi connectivity index (χ1n) is 14.1. The first kappa shape index (κ1) is 33.3. The number of benzene rings is 3. The summed E-state index contributed by atoms with van der Waals surface area (Å²) in [5, 5.41) is 2.97. The largest absolute Gasteiger partial charge is 0.497 e. The van der Waals surface area contributed by atoms with Gasteiger partial charge in [-0.2, -0.15) is 0 Å². The maximum absolute atomic E-state index is 14.3. The third kappa shape index (κ3) is 8.19. The van der Waals surface area contributed by atoms with Crippen LogP contribution in [0.5, 0.6) is 17.2 Å². The van der Waals surface area contributed by atoms with Crippen LogP contribution in [0.2, 0.25) is 0 Å². The molecule has 1 N–H and O–H groups in total. The van der Waals surface area contributed by atoms with Gasteiger partial charge in [0.1, 0.15) is 29.8 Å². The van der Waals surface area contributed by atoms with Gasteiger partial charge in [-0.3, -0.25) is 13.9 Å². The smallest absolute Gasteiger partial charge is 0.264 e. The van der Waals surface area contributed by atoms with Gasteiger partial charge >= 0.3 is 0 Å². The van der Waals surface area contributed by atoms with E-state index in [1.807, 2.05) is 26.8 Å². The van der Waals surface area contributed by atoms with Gasteiger partial charge in [0.25, 0.3) is 10.0 Å². The third-order valence-corrected chi connectivity index (χ3v) is 8.93. The first-order chi connectivity index (χ1) is 20.6. The Hall–Kier alpha value is -4.25. The van der Waals surface area contributed by atoms with Crippen molar-refractivity contribution < 1.29 is 32.2 Å². The van der Waals surface area contributed by atoms with Crippen LogP contribution in [0.3, 0.4) is 0 Å². The van der Waals surface area contributed by atoms with E-state index in [-0.39, 0.29) is 34.8 Å². The number of rotatable bonds is 15. The van der Waals surface area contributed by atoms with Gasteiger partial charge in [-0.25, -0.2) is 8.42 Å². The Morgan fingerprint density at radius 1 is 0.837 bits per heavy atom. The Balaban J connectivity index is 2.11. The van der Waals surface area contributed by atoms with E-state index in [0.717, 1.165) is 9.87 Å². The molecule has 232 valence electrons. The van der Waals surface area contributed by atoms with Crippen LogP contribution in [-0.4, -0.2) is 65.1 Å². The fourth-order valence-electron chi connectivity index (χ4n) is 4.55. The standard InChI is InChI=1S/C32H41N3O7S/c1-7-23(3)33-32(37)28(8-2)34(21-24-12-11-13-26(20-24)41-5)31(36)22-35(29-14-9-10-15-30(29)42-6)43(38,39)27-18-16-25(40-4)17-19-27/h9-20,23,28H,7-8,21-22H2,1-6H3,(H,33,37)/t23-,28-/m1/s1. The maximum Gasteiger partial charge on any atom is 0.264 e. The summed E-state index contributed by atoms with van der Waals surface area (Å²) in [5.74, 6) is 0.487. The molecule has 0 radical (unpaired) electrons. The van der Waals surface area contributed by atoms with Crippen molar-refractivity contribution in [3.05, 3.63) is 78.4 Å². The maximum atomic E-state index is 14.3. The average Bonchev–Trinajstić information content (AvgIpc) is 3.03. The molecule has 10 nitrogen and oxygen atoms in total. The SMILES string of the molecule is CC[C@@H](C)NC(=O)[C@@H](CC)N(Cc1cccc(OC)c1)C(=O)CN(c1ccccc1OC)S(=O)(=O)c1ccc(OC)cc1. The van der Waals surface area contributed by atoms with Gasteiger partial charge in [0, 0.05) is 12.6 Å². The molecule has 43 heavy (non-hydrogen) atoms. The summed E-state index contributed by atoms with van der Waals surface area (Å²) >= 11 is 0. The molecule has 0 unspecified atom stereocenters. The summed E-state index contributed by atoms with van der Waals surface area (Å²) in [7, 11) is 0.196. The second kappa shape index (κ2) is 15.3. The first-order valence-corrected chi connectivity index (χ1v) is 15.6. The molecule has 0 heterocycles. The number of hydrogen-bond acceptors (Lipinski definition) is 7. The lowest BCUT2D eigenvalue weighted by Gasteiger charge is -2.34. The molecule has 11 heteroatoms. The van der Waals surface area contributed by atoms with Crippen molar-refractivity contribution in [1.29, 1.82) is 0 Å². The van der Waals surface area contributed by atoms with Crippen molar-refractivity contribution in [2.45, 2.75) is 57.1 Å². The minimum atomic E-state index is -4.27. The molecule has 2 atom stereocenters. The predicted octanol–water partition coefficient (Wildman–Crippen LogP) is 4.63. The molecule has 0 bridgehead atoms. The zero-order valence-corrected chi connectivity index (χ0v) is 26.4. The Labute approximate surface area is 254 Å². The van der Waals surface area contributed by atoms with Crippen molar-refractivity contribution in [1.82, 2.24) is 10.2 Å². The minimum absolute atomic E-state index is 0.0343. The number of ether oxygens (including phenoxy) is 3. The quantitative estimate of drug-likeness (QED) is 0.267. The van der Waals surface area contributed by atoms with Crippen LogP contribution in [-0.2, 0) is 26.2 Å². The lowest BCUT2D eigenvalue weighted by Crippen LogP contribution is -2.53. The van der Waals surface area contributed by atoms with Crippen molar-refractivity contribution in [3.63, 3.8) is 0 Å². The lowest BCUT2D eigenvalue weighted by atomic mass is 10.1. The molecule has 3 aromatic carbocycles. The molecule has 3 rings (SSSR count). The highest BCUT2D eigenvalue weighted by atomic mass is 32.2. The third-order valence-electron chi connectivity index (χ3n) is 7.15. The van der Waals surface area contributed by atoms with E-state index in [1.54, 1.807) is 49.6 Å². The number of methoxy groups -OCH3 is 3. The summed E-state index contributed by atoms with van der Waals surface area (Å²) in [4.78, 5) is 29.1. The molecule has 0 fully saturated rings. The van der Waals surface area contributed by atoms with Gasteiger partial charge in [-0.1, -0.05) is 38.1 Å². The summed E-state index contributed by atoms with van der Waals surface area (Å²) in [6.07, 6.45) is 1.03. The van der Waals surface area contributed by atoms with Gasteiger partial charge in [0.15, 0.2) is 0 Å². The Morgan fingerprint density at radius 2 is 1.51 bits per heavy atom. The molecule has 0 saturated carbocycles. The Morgan fingerprint density at radius 3 is 2.12 bits per heavy atom. The molecule has 2 amide bonds. The number of amides is 2. The summed E-state index contributed by atoms with van der Waals surface area (Å²) in [5.41, 5.74) is 0.914. The zero-order chi connectivity index (χ0) is 31.6. The number of nitrogens with zero attached hydrogens (tertiary/aromatic N) is 2. The summed E-state index contributed by atoms with van der Waals surface area (Å²) in [6.45, 7) is 5.15. The molecular weight excluding hydrogens is 570 g/mol. The predicted molar refractivity (Wildman–Crippen MR) is 166 cm³/mol. The van der Waals surface area contributed by atoms with Crippen LogP contribution < -0.4 is 23.8 Å². The normalized spacial score (nSPS) is 12.5. The average molecular weight is 612 g/mol. The van der Waals surface area contributed by atoms with E-state index in [1.165, 1.54) is 43.4 Å². The van der Waals surface area contributed by atoms with Crippen LogP contribution in [0.1, 0.15) is 39.2 Å². The minimum Gasteiger partial charge on any atom is -0.497 e. The van der Waals surface area contributed by atoms with Gasteiger partial charge in [-0.05, 0) is 73.9 Å². The highest BCUT2D eigenvalue weighted by molar-refractivity contribution is 7.92. The van der Waals surface area contributed by atoms with E-state index >= 15 is 0 Å². The Kier molecular flexibility index (Phi) is 11.8. The van der Waals surface area contributed by atoms with Crippen LogP contribution in [0.25, 0.3) is 0 Å². The van der Waals surface area contributed by atoms with E-state index < -0.39 is 28.5 Å². The highest BCUT2D eigenvalue weighted by Gasteiger charge is 2.35. The van der Waals surface area contributed by atoms with Crippen molar-refractivity contribution >= 4 is 27.5 Å².